The van der Waals surface area contributed by atoms with Gasteiger partial charge in [0.25, 0.3) is 0 Å². The molecule has 1 aliphatic heterocycles. The van der Waals surface area contributed by atoms with Crippen LogP contribution in [0.1, 0.15) is 12.1 Å². The van der Waals surface area contributed by atoms with E-state index in [4.69, 9.17) is 0 Å². The fourth-order valence-electron chi connectivity index (χ4n) is 1.85. The summed E-state index contributed by atoms with van der Waals surface area (Å²) in [6, 6.07) is 0. The van der Waals surface area contributed by atoms with Crippen LogP contribution in [0.2, 0.25) is 0 Å². The lowest BCUT2D eigenvalue weighted by Gasteiger charge is -2.16. The summed E-state index contributed by atoms with van der Waals surface area (Å²) in [5.41, 5.74) is 0.859. The van der Waals surface area contributed by atoms with Crippen LogP contribution in [-0.2, 0) is 9.84 Å². The molecule has 1 aromatic rings. The van der Waals surface area contributed by atoms with E-state index in [1.54, 1.807) is 6.20 Å². The van der Waals surface area contributed by atoms with E-state index in [1.165, 1.54) is 6.26 Å². The number of halogens is 1. The third-order valence-corrected chi connectivity index (χ3v) is 5.31. The summed E-state index contributed by atoms with van der Waals surface area (Å²) in [7, 11) is -2.97. The standard InChI is InChI=1S/C10H14BrN3O2S/c1-7-9(11)5-12-10(13-7)14-4-3-8(6-14)17(2,15)16/h5,8H,3-4,6H2,1-2H3/t8-/m0/s1. The molecule has 17 heavy (non-hydrogen) atoms. The van der Waals surface area contributed by atoms with Gasteiger partial charge in [-0.3, -0.25) is 0 Å². The van der Waals surface area contributed by atoms with Crippen LogP contribution in [-0.4, -0.2) is 43.0 Å². The van der Waals surface area contributed by atoms with Crippen molar-refractivity contribution in [2.45, 2.75) is 18.6 Å². The first-order valence-electron chi connectivity index (χ1n) is 5.31. The molecule has 0 spiro atoms. The van der Waals surface area contributed by atoms with Crippen LogP contribution in [0.25, 0.3) is 0 Å². The van der Waals surface area contributed by atoms with Crippen LogP contribution >= 0.6 is 15.9 Å². The molecule has 94 valence electrons. The maximum absolute atomic E-state index is 11.5. The van der Waals surface area contributed by atoms with Gasteiger partial charge in [-0.15, -0.1) is 0 Å². The first kappa shape index (κ1) is 12.8. The average molecular weight is 320 g/mol. The van der Waals surface area contributed by atoms with E-state index in [0.717, 1.165) is 10.2 Å². The molecule has 0 radical (unpaired) electrons. The van der Waals surface area contributed by atoms with Gasteiger partial charge in [0.2, 0.25) is 5.95 Å². The van der Waals surface area contributed by atoms with Gasteiger partial charge in [0.1, 0.15) is 0 Å². The van der Waals surface area contributed by atoms with Crippen molar-refractivity contribution >= 4 is 31.7 Å². The number of anilines is 1. The Morgan fingerprint density at radius 2 is 2.24 bits per heavy atom. The predicted octanol–water partition coefficient (Wildman–Crippen LogP) is 1.17. The lowest BCUT2D eigenvalue weighted by molar-refractivity contribution is 0.589. The summed E-state index contributed by atoms with van der Waals surface area (Å²) in [5, 5.41) is -0.296. The number of sulfone groups is 1. The molecule has 0 N–H and O–H groups in total. The highest BCUT2D eigenvalue weighted by atomic mass is 79.9. The normalized spacial score (nSPS) is 20.9. The highest BCUT2D eigenvalue weighted by molar-refractivity contribution is 9.10. The third kappa shape index (κ3) is 2.77. The van der Waals surface area contributed by atoms with E-state index < -0.39 is 9.84 Å². The molecule has 1 aromatic heterocycles. The number of aryl methyl sites for hydroxylation is 1. The van der Waals surface area contributed by atoms with E-state index in [1.807, 2.05) is 11.8 Å². The fraction of sp³-hybridized carbons (Fsp3) is 0.600. The quantitative estimate of drug-likeness (QED) is 0.818. The molecule has 0 amide bonds. The molecule has 0 unspecified atom stereocenters. The van der Waals surface area contributed by atoms with Crippen LogP contribution in [0.15, 0.2) is 10.7 Å². The molecule has 1 saturated heterocycles. The van der Waals surface area contributed by atoms with Gasteiger partial charge in [0, 0.05) is 25.5 Å². The zero-order valence-electron chi connectivity index (χ0n) is 9.72. The van der Waals surface area contributed by atoms with Crippen molar-refractivity contribution in [1.82, 2.24) is 9.97 Å². The van der Waals surface area contributed by atoms with E-state index in [0.29, 0.717) is 25.5 Å². The maximum Gasteiger partial charge on any atom is 0.225 e. The molecule has 5 nitrogen and oxygen atoms in total. The van der Waals surface area contributed by atoms with E-state index in [2.05, 4.69) is 25.9 Å². The molecule has 1 atom stereocenters. The lowest BCUT2D eigenvalue weighted by atomic mass is 10.4. The van der Waals surface area contributed by atoms with Crippen molar-refractivity contribution in [3.8, 4) is 0 Å². The van der Waals surface area contributed by atoms with Crippen molar-refractivity contribution in [3.05, 3.63) is 16.4 Å². The Bertz CT molecular complexity index is 532. The minimum Gasteiger partial charge on any atom is -0.339 e. The minimum absolute atomic E-state index is 0.296. The Morgan fingerprint density at radius 3 is 2.76 bits per heavy atom. The highest BCUT2D eigenvalue weighted by Gasteiger charge is 2.31. The third-order valence-electron chi connectivity index (χ3n) is 2.94. The van der Waals surface area contributed by atoms with Crippen LogP contribution in [0.4, 0.5) is 5.95 Å². The second-order valence-electron chi connectivity index (χ2n) is 4.29. The first-order chi connectivity index (χ1) is 7.88. The number of rotatable bonds is 2. The van der Waals surface area contributed by atoms with Crippen molar-refractivity contribution in [3.63, 3.8) is 0 Å². The molecule has 1 fully saturated rings. The number of hydrogen-bond donors (Lipinski definition) is 0. The Kier molecular flexibility index (Phi) is 3.40. The van der Waals surface area contributed by atoms with E-state index in [9.17, 15) is 8.42 Å². The van der Waals surface area contributed by atoms with Crippen molar-refractivity contribution in [2.24, 2.45) is 0 Å². The first-order valence-corrected chi connectivity index (χ1v) is 8.05. The topological polar surface area (TPSA) is 63.2 Å². The summed E-state index contributed by atoms with van der Waals surface area (Å²) in [6.07, 6.45) is 3.64. The highest BCUT2D eigenvalue weighted by Crippen LogP contribution is 2.22. The van der Waals surface area contributed by atoms with Crippen molar-refractivity contribution in [2.75, 3.05) is 24.2 Å². The molecule has 0 saturated carbocycles. The zero-order chi connectivity index (χ0) is 12.6. The average Bonchev–Trinajstić information content (AvgIpc) is 2.70. The van der Waals surface area contributed by atoms with Gasteiger partial charge in [-0.2, -0.15) is 0 Å². The SMILES string of the molecule is Cc1nc(N2CC[C@H](S(C)(=O)=O)C2)ncc1Br. The van der Waals surface area contributed by atoms with Crippen molar-refractivity contribution < 1.29 is 8.42 Å². The lowest BCUT2D eigenvalue weighted by Crippen LogP contribution is -2.27. The second-order valence-corrected chi connectivity index (χ2v) is 7.47. The maximum atomic E-state index is 11.5. The summed E-state index contributed by atoms with van der Waals surface area (Å²) in [6.45, 7) is 3.07. The predicted molar refractivity (Wildman–Crippen MR) is 69.9 cm³/mol. The monoisotopic (exact) mass is 319 g/mol. The largest absolute Gasteiger partial charge is 0.339 e. The summed E-state index contributed by atoms with van der Waals surface area (Å²) >= 11 is 3.34. The number of hydrogen-bond acceptors (Lipinski definition) is 5. The van der Waals surface area contributed by atoms with Gasteiger partial charge in [0.15, 0.2) is 9.84 Å². The summed E-state index contributed by atoms with van der Waals surface area (Å²) in [4.78, 5) is 10.5. The summed E-state index contributed by atoms with van der Waals surface area (Å²) in [5.74, 6) is 0.608. The zero-order valence-corrected chi connectivity index (χ0v) is 12.1. The Labute approximate surface area is 109 Å². The van der Waals surface area contributed by atoms with Crippen LogP contribution < -0.4 is 4.90 Å². The van der Waals surface area contributed by atoms with Gasteiger partial charge >= 0.3 is 0 Å². The molecule has 2 rings (SSSR count). The van der Waals surface area contributed by atoms with Crippen molar-refractivity contribution in [1.29, 1.82) is 0 Å². The molecule has 0 bridgehead atoms. The number of aromatic nitrogens is 2. The Morgan fingerprint density at radius 1 is 1.53 bits per heavy atom. The molecule has 0 aromatic carbocycles. The second kappa shape index (κ2) is 4.53. The van der Waals surface area contributed by atoms with Crippen LogP contribution in [0.3, 0.4) is 0 Å². The molecular formula is C10H14BrN3O2S. The smallest absolute Gasteiger partial charge is 0.225 e. The van der Waals surface area contributed by atoms with Gasteiger partial charge in [0.05, 0.1) is 15.4 Å². The summed E-state index contributed by atoms with van der Waals surface area (Å²) < 4.78 is 23.8. The molecule has 0 aliphatic carbocycles. The van der Waals surface area contributed by atoms with E-state index in [-0.39, 0.29) is 5.25 Å². The van der Waals surface area contributed by atoms with Gasteiger partial charge in [-0.25, -0.2) is 18.4 Å². The molecule has 2 heterocycles. The van der Waals surface area contributed by atoms with Gasteiger partial charge in [-0.1, -0.05) is 0 Å². The Hall–Kier alpha value is -0.690. The number of nitrogens with zero attached hydrogens (tertiary/aromatic N) is 3. The fourth-order valence-corrected chi connectivity index (χ4v) is 3.03. The Balaban J connectivity index is 2.18. The molecule has 1 aliphatic rings. The van der Waals surface area contributed by atoms with Crippen LogP contribution in [0.5, 0.6) is 0 Å². The molecule has 7 heteroatoms. The molecular weight excluding hydrogens is 306 g/mol. The minimum atomic E-state index is -2.97. The van der Waals surface area contributed by atoms with E-state index >= 15 is 0 Å². The van der Waals surface area contributed by atoms with Gasteiger partial charge < -0.3 is 4.90 Å². The van der Waals surface area contributed by atoms with Crippen LogP contribution in [0, 0.1) is 6.92 Å². The van der Waals surface area contributed by atoms with Gasteiger partial charge in [-0.05, 0) is 29.3 Å².